The summed E-state index contributed by atoms with van der Waals surface area (Å²) in [6, 6.07) is 1.61. The number of carbonyl (C=O) groups is 2. The molecule has 0 aliphatic carbocycles. The van der Waals surface area contributed by atoms with E-state index in [0.29, 0.717) is 6.07 Å². The summed E-state index contributed by atoms with van der Waals surface area (Å²) in [5.41, 5.74) is 0. The number of alkyl carbamates (subject to hydrolysis) is 1. The third kappa shape index (κ3) is 4.34. The zero-order valence-corrected chi connectivity index (χ0v) is 15.1. The Bertz CT molecular complexity index is 794. The lowest BCUT2D eigenvalue weighted by molar-refractivity contribution is -0.125. The number of benzene rings is 1. The molecule has 0 aromatic heterocycles. The van der Waals surface area contributed by atoms with Gasteiger partial charge in [-0.3, -0.25) is 15.0 Å². The number of halogens is 2. The van der Waals surface area contributed by atoms with E-state index in [1.807, 2.05) is 5.32 Å². The summed E-state index contributed by atoms with van der Waals surface area (Å²) in [4.78, 5) is 24.1. The van der Waals surface area contributed by atoms with Gasteiger partial charge < -0.3 is 4.74 Å². The van der Waals surface area contributed by atoms with Crippen LogP contribution in [0.4, 0.5) is 13.6 Å². The molecule has 1 aliphatic rings. The fourth-order valence-corrected chi connectivity index (χ4v) is 4.04. The number of nitrogens with zero attached hydrogens (tertiary/aromatic N) is 2. The van der Waals surface area contributed by atoms with Crippen LogP contribution in [0.1, 0.15) is 6.92 Å². The lowest BCUT2D eigenvalue weighted by Gasteiger charge is -2.36. The van der Waals surface area contributed by atoms with Crippen LogP contribution in [0.2, 0.25) is 0 Å². The van der Waals surface area contributed by atoms with E-state index < -0.39 is 44.6 Å². The number of nitrogens with one attached hydrogen (secondary N) is 1. The Morgan fingerprint density at radius 2 is 1.81 bits per heavy atom. The van der Waals surface area contributed by atoms with Gasteiger partial charge in [-0.1, -0.05) is 0 Å². The number of rotatable bonds is 4. The largest absolute Gasteiger partial charge is 0.453 e. The molecule has 1 heterocycles. The minimum absolute atomic E-state index is 0.0228. The molecule has 1 N–H and O–H groups in total. The second-order valence-corrected chi connectivity index (χ2v) is 7.58. The normalized spacial score (nSPS) is 17.5. The van der Waals surface area contributed by atoms with Crippen molar-refractivity contribution in [1.82, 2.24) is 14.5 Å². The molecule has 1 aromatic carbocycles. The number of piperazine rings is 1. The van der Waals surface area contributed by atoms with Crippen molar-refractivity contribution in [3.63, 3.8) is 0 Å². The smallest absolute Gasteiger partial charge is 0.413 e. The molecule has 2 rings (SSSR count). The van der Waals surface area contributed by atoms with Gasteiger partial charge in [-0.05, 0) is 19.1 Å². The van der Waals surface area contributed by atoms with Gasteiger partial charge in [0.2, 0.25) is 15.9 Å². The summed E-state index contributed by atoms with van der Waals surface area (Å²) in [7, 11) is -2.98. The van der Waals surface area contributed by atoms with E-state index in [1.54, 1.807) is 11.8 Å². The number of methoxy groups -OCH3 is 1. The first-order valence-corrected chi connectivity index (χ1v) is 9.19. The van der Waals surface area contributed by atoms with Gasteiger partial charge >= 0.3 is 6.09 Å². The van der Waals surface area contributed by atoms with E-state index in [1.165, 1.54) is 0 Å². The fraction of sp³-hybridized carbons (Fsp3) is 0.467. The van der Waals surface area contributed by atoms with Crippen molar-refractivity contribution < 1.29 is 31.5 Å². The molecule has 26 heavy (non-hydrogen) atoms. The number of sulfonamides is 1. The van der Waals surface area contributed by atoms with Crippen molar-refractivity contribution in [2.24, 2.45) is 0 Å². The lowest BCUT2D eigenvalue weighted by atomic mass is 10.2. The molecule has 1 aliphatic heterocycles. The maximum absolute atomic E-state index is 13.8. The highest BCUT2D eigenvalue weighted by Crippen LogP contribution is 2.21. The molecule has 144 valence electrons. The Balaban J connectivity index is 2.03. The summed E-state index contributed by atoms with van der Waals surface area (Å²) in [5.74, 6) is -2.59. The summed E-state index contributed by atoms with van der Waals surface area (Å²) < 4.78 is 57.3. The molecule has 0 radical (unpaired) electrons. The number of amides is 2. The summed E-state index contributed by atoms with van der Waals surface area (Å²) in [6.07, 6.45) is -0.880. The molecular weight excluding hydrogens is 372 g/mol. The minimum Gasteiger partial charge on any atom is -0.453 e. The van der Waals surface area contributed by atoms with Gasteiger partial charge in [0.1, 0.15) is 16.5 Å². The van der Waals surface area contributed by atoms with Crippen molar-refractivity contribution in [1.29, 1.82) is 0 Å². The number of carbonyl (C=O) groups excluding carboxylic acids is 2. The predicted molar refractivity (Wildman–Crippen MR) is 86.7 cm³/mol. The highest BCUT2D eigenvalue weighted by atomic mass is 32.2. The quantitative estimate of drug-likeness (QED) is 0.805. The topological polar surface area (TPSA) is 96.0 Å². The Labute approximate surface area is 149 Å². The van der Waals surface area contributed by atoms with Gasteiger partial charge in [-0.15, -0.1) is 0 Å². The molecular formula is C15H19F2N3O5S. The van der Waals surface area contributed by atoms with Crippen LogP contribution in [0.15, 0.2) is 23.1 Å². The highest BCUT2D eigenvalue weighted by molar-refractivity contribution is 7.89. The van der Waals surface area contributed by atoms with Crippen LogP contribution in [0.25, 0.3) is 0 Å². The Kier molecular flexibility index (Phi) is 6.26. The first-order chi connectivity index (χ1) is 12.2. The average molecular weight is 391 g/mol. The van der Waals surface area contributed by atoms with Crippen LogP contribution >= 0.6 is 0 Å². The maximum Gasteiger partial charge on any atom is 0.413 e. The van der Waals surface area contributed by atoms with Crippen molar-refractivity contribution in [2.75, 3.05) is 33.3 Å². The predicted octanol–water partition coefficient (Wildman–Crippen LogP) is 0.542. The summed E-state index contributed by atoms with van der Waals surface area (Å²) in [5, 5.41) is 2.05. The number of hydrogen-bond acceptors (Lipinski definition) is 6. The number of imide groups is 1. The fourth-order valence-electron chi connectivity index (χ4n) is 2.58. The molecule has 0 unspecified atom stereocenters. The molecule has 0 spiro atoms. The maximum atomic E-state index is 13.8. The molecule has 1 saturated heterocycles. The van der Waals surface area contributed by atoms with E-state index >= 15 is 0 Å². The van der Waals surface area contributed by atoms with Crippen molar-refractivity contribution in [2.45, 2.75) is 17.9 Å². The molecule has 1 aromatic rings. The first-order valence-electron chi connectivity index (χ1n) is 7.75. The Morgan fingerprint density at radius 3 is 2.35 bits per heavy atom. The van der Waals surface area contributed by atoms with Crippen molar-refractivity contribution in [3.05, 3.63) is 29.8 Å². The third-order valence-electron chi connectivity index (χ3n) is 4.12. The molecule has 1 atom stereocenters. The molecule has 0 saturated carbocycles. The second-order valence-electron chi connectivity index (χ2n) is 5.67. The third-order valence-corrected chi connectivity index (χ3v) is 6.05. The minimum atomic E-state index is -4.11. The van der Waals surface area contributed by atoms with Crippen LogP contribution < -0.4 is 5.32 Å². The monoisotopic (exact) mass is 391 g/mol. The molecule has 8 nitrogen and oxygen atoms in total. The van der Waals surface area contributed by atoms with Crippen LogP contribution in [0, 0.1) is 11.6 Å². The Hall–Kier alpha value is -2.11. The van der Waals surface area contributed by atoms with Gasteiger partial charge in [0.15, 0.2) is 0 Å². The molecule has 2 amide bonds. The van der Waals surface area contributed by atoms with Gasteiger partial charge in [0, 0.05) is 32.2 Å². The van der Waals surface area contributed by atoms with Crippen LogP contribution in [0.5, 0.6) is 0 Å². The van der Waals surface area contributed by atoms with E-state index in [-0.39, 0.29) is 26.2 Å². The van der Waals surface area contributed by atoms with E-state index in [2.05, 4.69) is 4.74 Å². The van der Waals surface area contributed by atoms with Crippen LogP contribution in [0.3, 0.4) is 0 Å². The second kappa shape index (κ2) is 8.06. The van der Waals surface area contributed by atoms with E-state index in [9.17, 15) is 26.8 Å². The Morgan fingerprint density at radius 1 is 1.19 bits per heavy atom. The van der Waals surface area contributed by atoms with Gasteiger partial charge in [0.25, 0.3) is 0 Å². The molecule has 0 bridgehead atoms. The zero-order chi connectivity index (χ0) is 19.5. The summed E-state index contributed by atoms with van der Waals surface area (Å²) in [6.45, 7) is 2.03. The number of hydrogen-bond donors (Lipinski definition) is 1. The average Bonchev–Trinajstić information content (AvgIpc) is 2.60. The van der Waals surface area contributed by atoms with E-state index in [0.717, 1.165) is 23.5 Å². The zero-order valence-electron chi connectivity index (χ0n) is 14.2. The SMILES string of the molecule is COC(=O)NC(=O)[C@@H](C)N1CCN(S(=O)(=O)c2ccc(F)cc2F)CC1. The van der Waals surface area contributed by atoms with Gasteiger partial charge in [0.05, 0.1) is 13.2 Å². The summed E-state index contributed by atoms with van der Waals surface area (Å²) >= 11 is 0. The van der Waals surface area contributed by atoms with Gasteiger partial charge in [-0.25, -0.2) is 22.0 Å². The number of ether oxygens (including phenoxy) is 1. The standard InChI is InChI=1S/C15H19F2N3O5S/c1-10(14(21)18-15(22)25-2)19-5-7-20(8-6-19)26(23,24)13-4-3-11(16)9-12(13)17/h3-4,9-10H,5-8H2,1-2H3,(H,18,21,22)/t10-/m1/s1. The van der Waals surface area contributed by atoms with Crippen molar-refractivity contribution in [3.8, 4) is 0 Å². The van der Waals surface area contributed by atoms with Crippen LogP contribution in [-0.2, 0) is 19.6 Å². The molecule has 11 heteroatoms. The van der Waals surface area contributed by atoms with Crippen LogP contribution in [-0.4, -0.2) is 69.0 Å². The van der Waals surface area contributed by atoms with Crippen molar-refractivity contribution >= 4 is 22.0 Å². The highest BCUT2D eigenvalue weighted by Gasteiger charge is 2.33. The lowest BCUT2D eigenvalue weighted by Crippen LogP contribution is -2.55. The first kappa shape index (κ1) is 20.2. The van der Waals surface area contributed by atoms with Gasteiger partial charge in [-0.2, -0.15) is 4.31 Å². The molecule has 1 fully saturated rings. The van der Waals surface area contributed by atoms with E-state index in [4.69, 9.17) is 0 Å².